The number of hydrogen-bond acceptors (Lipinski definition) is 2. The molecule has 2 amide bonds. The molecule has 0 saturated heterocycles. The Balaban J connectivity index is 1.94. The number of amides is 2. The van der Waals surface area contributed by atoms with E-state index in [-0.39, 0.29) is 5.75 Å². The number of carbonyl (C=O) groups is 1. The number of urea groups is 1. The van der Waals surface area contributed by atoms with Crippen molar-refractivity contribution in [1.82, 2.24) is 5.32 Å². The van der Waals surface area contributed by atoms with Gasteiger partial charge in [-0.15, -0.1) is 0 Å². The first kappa shape index (κ1) is 14.9. The quantitative estimate of drug-likeness (QED) is 0.746. The molecule has 0 aliphatic heterocycles. The monoisotopic (exact) mass is 302 g/mol. The number of phenolic OH excluding ortho intramolecular Hbond substituents is 1. The number of aryl methyl sites for hydroxylation is 1. The fourth-order valence-corrected chi connectivity index (χ4v) is 1.93. The maximum absolute atomic E-state index is 11.7. The lowest BCUT2D eigenvalue weighted by molar-refractivity contribution is 0.255. The summed E-state index contributed by atoms with van der Waals surface area (Å²) in [4.78, 5) is 11.7. The lowest BCUT2D eigenvalue weighted by atomic mass is 10.2. The van der Waals surface area contributed by atoms with E-state index in [9.17, 15) is 9.90 Å². The molecule has 108 valence electrons. The van der Waals surface area contributed by atoms with Crippen LogP contribution in [0.3, 0.4) is 0 Å². The highest BCUT2D eigenvalue weighted by Gasteiger charge is 2.04. The van der Waals surface area contributed by atoms with E-state index in [1.807, 2.05) is 19.1 Å². The van der Waals surface area contributed by atoms with Gasteiger partial charge >= 0.3 is 6.03 Å². The number of nitrogens with one attached hydrogen (secondary N) is 2. The molecule has 2 aromatic rings. The molecule has 0 aromatic heterocycles. The number of hydrogen-bond donors (Lipinski definition) is 3. The summed E-state index contributed by atoms with van der Waals surface area (Å²) < 4.78 is 0. The number of benzene rings is 2. The molecule has 0 aliphatic carbocycles. The molecule has 0 heterocycles. The Labute approximate surface area is 128 Å². The SMILES string of the molecule is Cc1ccc(O)c(NC(=O)N/C=C/c2cccc(Cl)c2)c1. The van der Waals surface area contributed by atoms with Gasteiger partial charge in [0.1, 0.15) is 5.75 Å². The van der Waals surface area contributed by atoms with Gasteiger partial charge in [-0.25, -0.2) is 4.79 Å². The van der Waals surface area contributed by atoms with Crippen LogP contribution in [0.2, 0.25) is 5.02 Å². The molecule has 0 bridgehead atoms. The van der Waals surface area contributed by atoms with Gasteiger partial charge in [0.15, 0.2) is 0 Å². The Morgan fingerprint density at radius 3 is 2.81 bits per heavy atom. The van der Waals surface area contributed by atoms with Crippen molar-refractivity contribution in [1.29, 1.82) is 0 Å². The topological polar surface area (TPSA) is 61.4 Å². The van der Waals surface area contributed by atoms with Gasteiger partial charge in [-0.05, 0) is 48.4 Å². The fraction of sp³-hybridized carbons (Fsp3) is 0.0625. The number of anilines is 1. The molecule has 2 rings (SSSR count). The second kappa shape index (κ2) is 6.81. The van der Waals surface area contributed by atoms with E-state index in [0.717, 1.165) is 11.1 Å². The van der Waals surface area contributed by atoms with Gasteiger partial charge in [0.25, 0.3) is 0 Å². The minimum Gasteiger partial charge on any atom is -0.506 e. The van der Waals surface area contributed by atoms with Crippen LogP contribution in [-0.2, 0) is 0 Å². The molecule has 0 atom stereocenters. The third-order valence-corrected chi connectivity index (χ3v) is 2.97. The van der Waals surface area contributed by atoms with Crippen molar-refractivity contribution in [2.45, 2.75) is 6.92 Å². The van der Waals surface area contributed by atoms with Gasteiger partial charge in [0, 0.05) is 11.2 Å². The summed E-state index contributed by atoms with van der Waals surface area (Å²) in [5, 5.41) is 15.4. The number of phenols is 1. The average molecular weight is 303 g/mol. The second-order valence-electron chi connectivity index (χ2n) is 4.51. The average Bonchev–Trinajstić information content (AvgIpc) is 2.43. The second-order valence-corrected chi connectivity index (χ2v) is 4.94. The molecule has 0 aliphatic rings. The van der Waals surface area contributed by atoms with Crippen LogP contribution in [0.1, 0.15) is 11.1 Å². The summed E-state index contributed by atoms with van der Waals surface area (Å²) in [6, 6.07) is 11.8. The number of halogens is 1. The summed E-state index contributed by atoms with van der Waals surface area (Å²) in [6.45, 7) is 1.88. The summed E-state index contributed by atoms with van der Waals surface area (Å²) in [5.41, 5.74) is 2.18. The summed E-state index contributed by atoms with van der Waals surface area (Å²) in [7, 11) is 0. The Kier molecular flexibility index (Phi) is 4.85. The highest BCUT2D eigenvalue weighted by molar-refractivity contribution is 6.30. The predicted molar refractivity (Wildman–Crippen MR) is 85.5 cm³/mol. The molecule has 0 spiro atoms. The highest BCUT2D eigenvalue weighted by Crippen LogP contribution is 2.23. The van der Waals surface area contributed by atoms with Gasteiger partial charge in [-0.1, -0.05) is 29.8 Å². The van der Waals surface area contributed by atoms with Crippen molar-refractivity contribution in [3.8, 4) is 5.75 Å². The Bertz CT molecular complexity index is 684. The smallest absolute Gasteiger partial charge is 0.323 e. The molecule has 3 N–H and O–H groups in total. The van der Waals surface area contributed by atoms with Crippen molar-refractivity contribution in [3.05, 3.63) is 64.8 Å². The number of aromatic hydroxyl groups is 1. The lowest BCUT2D eigenvalue weighted by Crippen LogP contribution is -2.23. The van der Waals surface area contributed by atoms with Crippen molar-refractivity contribution >= 4 is 29.4 Å². The standard InChI is InChI=1S/C16H15ClN2O2/c1-11-5-6-15(20)14(9-11)19-16(21)18-8-7-12-3-2-4-13(17)10-12/h2-10,20H,1H3,(H2,18,19,21)/b8-7+. The first-order valence-corrected chi connectivity index (χ1v) is 6.71. The van der Waals surface area contributed by atoms with Crippen LogP contribution in [0.4, 0.5) is 10.5 Å². The third kappa shape index (κ3) is 4.54. The third-order valence-electron chi connectivity index (χ3n) is 2.74. The normalized spacial score (nSPS) is 10.6. The molecule has 2 aromatic carbocycles. The van der Waals surface area contributed by atoms with Gasteiger partial charge in [0.05, 0.1) is 5.69 Å². The Morgan fingerprint density at radius 2 is 2.05 bits per heavy atom. The van der Waals surface area contributed by atoms with Crippen LogP contribution in [0.25, 0.3) is 6.08 Å². The zero-order chi connectivity index (χ0) is 15.2. The highest BCUT2D eigenvalue weighted by atomic mass is 35.5. The maximum atomic E-state index is 11.7. The van der Waals surface area contributed by atoms with Crippen LogP contribution in [-0.4, -0.2) is 11.1 Å². The van der Waals surface area contributed by atoms with Gasteiger partial charge in [0.2, 0.25) is 0 Å². The minimum absolute atomic E-state index is 0.0228. The first-order valence-electron chi connectivity index (χ1n) is 6.34. The Morgan fingerprint density at radius 1 is 1.24 bits per heavy atom. The molecular formula is C16H15ClN2O2. The number of carbonyl (C=O) groups excluding carboxylic acids is 1. The van der Waals surface area contributed by atoms with E-state index in [0.29, 0.717) is 10.7 Å². The molecule has 5 heteroatoms. The van der Waals surface area contributed by atoms with Crippen LogP contribution in [0.5, 0.6) is 5.75 Å². The molecule has 0 unspecified atom stereocenters. The van der Waals surface area contributed by atoms with Crippen molar-refractivity contribution < 1.29 is 9.90 Å². The first-order chi connectivity index (χ1) is 10.0. The van der Waals surface area contributed by atoms with Crippen LogP contribution in [0.15, 0.2) is 48.7 Å². The number of rotatable bonds is 3. The summed E-state index contributed by atoms with van der Waals surface area (Å²) in [6.07, 6.45) is 3.23. The molecular weight excluding hydrogens is 288 g/mol. The van der Waals surface area contributed by atoms with E-state index in [2.05, 4.69) is 10.6 Å². The van der Waals surface area contributed by atoms with E-state index in [1.54, 1.807) is 30.3 Å². The molecule has 0 saturated carbocycles. The van der Waals surface area contributed by atoms with Crippen molar-refractivity contribution in [3.63, 3.8) is 0 Å². The molecule has 4 nitrogen and oxygen atoms in total. The summed E-state index contributed by atoms with van der Waals surface area (Å²) in [5.74, 6) is 0.0228. The molecule has 0 fully saturated rings. The van der Waals surface area contributed by atoms with Gasteiger partial charge < -0.3 is 15.7 Å². The van der Waals surface area contributed by atoms with E-state index in [4.69, 9.17) is 11.6 Å². The largest absolute Gasteiger partial charge is 0.506 e. The van der Waals surface area contributed by atoms with Crippen LogP contribution < -0.4 is 10.6 Å². The van der Waals surface area contributed by atoms with Gasteiger partial charge in [-0.2, -0.15) is 0 Å². The van der Waals surface area contributed by atoms with E-state index >= 15 is 0 Å². The van der Waals surface area contributed by atoms with Crippen molar-refractivity contribution in [2.75, 3.05) is 5.32 Å². The van der Waals surface area contributed by atoms with Crippen LogP contribution >= 0.6 is 11.6 Å². The zero-order valence-corrected chi connectivity index (χ0v) is 12.2. The van der Waals surface area contributed by atoms with E-state index < -0.39 is 6.03 Å². The fourth-order valence-electron chi connectivity index (χ4n) is 1.73. The summed E-state index contributed by atoms with van der Waals surface area (Å²) >= 11 is 5.86. The van der Waals surface area contributed by atoms with E-state index in [1.165, 1.54) is 12.3 Å². The molecule has 21 heavy (non-hydrogen) atoms. The van der Waals surface area contributed by atoms with Crippen molar-refractivity contribution in [2.24, 2.45) is 0 Å². The van der Waals surface area contributed by atoms with Gasteiger partial charge in [-0.3, -0.25) is 0 Å². The lowest BCUT2D eigenvalue weighted by Gasteiger charge is -2.07. The predicted octanol–water partition coefficient (Wildman–Crippen LogP) is 4.15. The minimum atomic E-state index is -0.436. The maximum Gasteiger partial charge on any atom is 0.323 e. The zero-order valence-electron chi connectivity index (χ0n) is 11.4. The van der Waals surface area contributed by atoms with Crippen LogP contribution in [0, 0.1) is 6.92 Å². The Hall–Kier alpha value is -2.46. The molecule has 0 radical (unpaired) electrons.